The summed E-state index contributed by atoms with van der Waals surface area (Å²) < 4.78 is 70.8. The number of rotatable bonds is 9. The predicted molar refractivity (Wildman–Crippen MR) is 98.3 cm³/mol. The van der Waals surface area contributed by atoms with Crippen LogP contribution in [0.15, 0.2) is 0 Å². The minimum absolute atomic E-state index is 0.247. The Kier molecular flexibility index (Phi) is 6.58. The van der Waals surface area contributed by atoms with Crippen molar-refractivity contribution < 1.29 is 46.2 Å². The van der Waals surface area contributed by atoms with E-state index in [2.05, 4.69) is 4.74 Å². The highest BCUT2D eigenvalue weighted by atomic mass is 19.3. The summed E-state index contributed by atoms with van der Waals surface area (Å²) in [7, 11) is 0. The summed E-state index contributed by atoms with van der Waals surface area (Å²) in [5.41, 5.74) is -1.15. The summed E-state index contributed by atoms with van der Waals surface area (Å²) in [4.78, 5) is 35.2. The van der Waals surface area contributed by atoms with Crippen molar-refractivity contribution in [2.45, 2.75) is 76.2 Å². The minimum Gasteiger partial charge on any atom is -0.462 e. The molecule has 0 saturated heterocycles. The molecule has 0 aliphatic heterocycles. The van der Waals surface area contributed by atoms with Crippen LogP contribution in [0.25, 0.3) is 0 Å². The fourth-order valence-corrected chi connectivity index (χ4v) is 5.35. The number of alkyl halides is 4. The minimum atomic E-state index is -5.41. The lowest BCUT2D eigenvalue weighted by molar-refractivity contribution is -0.253. The van der Waals surface area contributed by atoms with E-state index in [0.29, 0.717) is 25.7 Å². The van der Waals surface area contributed by atoms with Crippen LogP contribution in [0, 0.1) is 23.7 Å². The zero-order chi connectivity index (χ0) is 23.0. The van der Waals surface area contributed by atoms with Crippen LogP contribution in [0.3, 0.4) is 0 Å². The first-order valence-electron chi connectivity index (χ1n) is 10.7. The number of ether oxygens (including phenoxy) is 3. The van der Waals surface area contributed by atoms with E-state index in [4.69, 9.17) is 9.47 Å². The molecule has 10 heteroatoms. The van der Waals surface area contributed by atoms with Crippen LogP contribution in [0.1, 0.15) is 58.8 Å². The standard InChI is InChI=1S/C21H28F4O6/c1-3-12(2)16(26)29-4-5-30-17(27)20(22,23)21(24,25)18(28)31-19-9-13-6-14(10-19)8-15(7-13)11-19/h12-15H,3-11H2,1-2H3. The molecule has 4 saturated carbocycles. The van der Waals surface area contributed by atoms with Gasteiger partial charge in [0, 0.05) is 0 Å². The largest absolute Gasteiger partial charge is 0.462 e. The molecule has 31 heavy (non-hydrogen) atoms. The second kappa shape index (κ2) is 8.58. The zero-order valence-electron chi connectivity index (χ0n) is 17.6. The highest BCUT2D eigenvalue weighted by molar-refractivity contribution is 5.90. The summed E-state index contributed by atoms with van der Waals surface area (Å²) in [6, 6.07) is 0. The lowest BCUT2D eigenvalue weighted by atomic mass is 9.54. The fourth-order valence-electron chi connectivity index (χ4n) is 5.35. The topological polar surface area (TPSA) is 78.9 Å². The average Bonchev–Trinajstić information content (AvgIpc) is 2.68. The molecule has 0 radical (unpaired) electrons. The summed E-state index contributed by atoms with van der Waals surface area (Å²) in [5.74, 6) is -16.1. The van der Waals surface area contributed by atoms with E-state index in [1.54, 1.807) is 13.8 Å². The van der Waals surface area contributed by atoms with Gasteiger partial charge in [-0.05, 0) is 62.7 Å². The predicted octanol–water partition coefficient (Wildman–Crippen LogP) is 3.90. The van der Waals surface area contributed by atoms with Crippen molar-refractivity contribution >= 4 is 17.9 Å². The Morgan fingerprint density at radius 2 is 1.32 bits per heavy atom. The Hall–Kier alpha value is -1.87. The fraction of sp³-hybridized carbons (Fsp3) is 0.857. The molecule has 0 heterocycles. The second-order valence-electron chi connectivity index (χ2n) is 9.25. The monoisotopic (exact) mass is 452 g/mol. The third-order valence-electron chi connectivity index (χ3n) is 6.77. The molecular formula is C21H28F4O6. The van der Waals surface area contributed by atoms with Gasteiger partial charge in [0.05, 0.1) is 5.92 Å². The third-order valence-corrected chi connectivity index (χ3v) is 6.77. The van der Waals surface area contributed by atoms with Crippen molar-refractivity contribution in [1.82, 2.24) is 0 Å². The normalized spacial score (nSPS) is 30.6. The summed E-state index contributed by atoms with van der Waals surface area (Å²) in [6.45, 7) is 1.92. The summed E-state index contributed by atoms with van der Waals surface area (Å²) >= 11 is 0. The second-order valence-corrected chi connectivity index (χ2v) is 9.25. The first kappa shape index (κ1) is 23.8. The number of carbonyl (C=O) groups is 3. The van der Waals surface area contributed by atoms with Gasteiger partial charge in [0.15, 0.2) is 0 Å². The quantitative estimate of drug-likeness (QED) is 0.229. The van der Waals surface area contributed by atoms with E-state index < -0.39 is 54.5 Å². The number of carbonyl (C=O) groups excluding carboxylic acids is 3. The Morgan fingerprint density at radius 3 is 1.81 bits per heavy atom. The molecule has 0 aromatic carbocycles. The first-order chi connectivity index (χ1) is 14.4. The van der Waals surface area contributed by atoms with Gasteiger partial charge in [-0.25, -0.2) is 9.59 Å². The molecule has 1 atom stereocenters. The van der Waals surface area contributed by atoms with Crippen LogP contribution in [0.2, 0.25) is 0 Å². The molecule has 4 aliphatic rings. The van der Waals surface area contributed by atoms with Crippen molar-refractivity contribution in [3.63, 3.8) is 0 Å². The number of hydrogen-bond donors (Lipinski definition) is 0. The van der Waals surface area contributed by atoms with Gasteiger partial charge in [0.25, 0.3) is 0 Å². The van der Waals surface area contributed by atoms with E-state index in [0.717, 1.165) is 19.3 Å². The lowest BCUT2D eigenvalue weighted by Gasteiger charge is -2.55. The molecule has 0 amide bonds. The molecule has 0 spiro atoms. The van der Waals surface area contributed by atoms with Crippen LogP contribution in [-0.2, 0) is 28.6 Å². The molecule has 4 bridgehead atoms. The molecule has 0 aromatic rings. The van der Waals surface area contributed by atoms with Crippen molar-refractivity contribution in [2.24, 2.45) is 23.7 Å². The Morgan fingerprint density at radius 1 is 0.871 bits per heavy atom. The molecule has 1 unspecified atom stereocenters. The van der Waals surface area contributed by atoms with Gasteiger partial charge in [-0.3, -0.25) is 4.79 Å². The van der Waals surface area contributed by atoms with E-state index in [9.17, 15) is 31.9 Å². The van der Waals surface area contributed by atoms with Gasteiger partial charge >= 0.3 is 29.8 Å². The third kappa shape index (κ3) is 4.67. The first-order valence-corrected chi connectivity index (χ1v) is 10.7. The number of hydrogen-bond acceptors (Lipinski definition) is 6. The maximum absolute atomic E-state index is 14.3. The molecule has 6 nitrogen and oxygen atoms in total. The average molecular weight is 452 g/mol. The number of halogens is 4. The van der Waals surface area contributed by atoms with Gasteiger partial charge < -0.3 is 14.2 Å². The molecule has 0 aromatic heterocycles. The smallest absolute Gasteiger partial charge is 0.415 e. The van der Waals surface area contributed by atoms with Crippen LogP contribution in [0.5, 0.6) is 0 Å². The Bertz CT molecular complexity index is 687. The zero-order valence-corrected chi connectivity index (χ0v) is 17.6. The molecule has 0 N–H and O–H groups in total. The van der Waals surface area contributed by atoms with Crippen molar-refractivity contribution in [1.29, 1.82) is 0 Å². The molecule has 4 rings (SSSR count). The van der Waals surface area contributed by atoms with Crippen LogP contribution in [-0.4, -0.2) is 48.6 Å². The Labute approximate surface area is 178 Å². The SMILES string of the molecule is CCC(C)C(=O)OCCOC(=O)C(F)(F)C(F)(F)C(=O)OC12CC3CC(CC(C3)C1)C2. The maximum Gasteiger partial charge on any atom is 0.415 e. The van der Waals surface area contributed by atoms with Gasteiger partial charge in [0.1, 0.15) is 18.8 Å². The Balaban J connectivity index is 1.56. The van der Waals surface area contributed by atoms with Crippen LogP contribution < -0.4 is 0 Å². The summed E-state index contributed by atoms with van der Waals surface area (Å²) in [5, 5.41) is 0. The summed E-state index contributed by atoms with van der Waals surface area (Å²) in [6.07, 6.45) is 4.47. The van der Waals surface area contributed by atoms with Crippen molar-refractivity contribution in [3.8, 4) is 0 Å². The van der Waals surface area contributed by atoms with E-state index in [1.165, 1.54) is 0 Å². The van der Waals surface area contributed by atoms with Gasteiger partial charge in [-0.2, -0.15) is 17.6 Å². The highest BCUT2D eigenvalue weighted by Gasteiger charge is 2.70. The molecule has 176 valence electrons. The van der Waals surface area contributed by atoms with Crippen molar-refractivity contribution in [3.05, 3.63) is 0 Å². The van der Waals surface area contributed by atoms with Crippen molar-refractivity contribution in [2.75, 3.05) is 13.2 Å². The lowest BCUT2D eigenvalue weighted by Crippen LogP contribution is -2.58. The van der Waals surface area contributed by atoms with Crippen LogP contribution in [0.4, 0.5) is 17.6 Å². The number of esters is 3. The van der Waals surface area contributed by atoms with Gasteiger partial charge in [0.2, 0.25) is 0 Å². The maximum atomic E-state index is 14.3. The molecular weight excluding hydrogens is 424 g/mol. The van der Waals surface area contributed by atoms with Gasteiger partial charge in [-0.15, -0.1) is 0 Å². The molecule has 4 fully saturated rings. The van der Waals surface area contributed by atoms with E-state index in [-0.39, 0.29) is 17.8 Å². The van der Waals surface area contributed by atoms with E-state index >= 15 is 0 Å². The van der Waals surface area contributed by atoms with Gasteiger partial charge in [-0.1, -0.05) is 13.8 Å². The highest BCUT2D eigenvalue weighted by Crippen LogP contribution is 2.57. The van der Waals surface area contributed by atoms with E-state index in [1.807, 2.05) is 0 Å². The molecule has 4 aliphatic carbocycles. The van der Waals surface area contributed by atoms with Crippen LogP contribution >= 0.6 is 0 Å².